The molecule has 0 radical (unpaired) electrons. The highest BCUT2D eigenvalue weighted by Gasteiger charge is 2.19. The normalized spacial score (nSPS) is 14.5. The first-order chi connectivity index (χ1) is 10.2. The van der Waals surface area contributed by atoms with Crippen molar-refractivity contribution in [2.75, 3.05) is 5.75 Å². The zero-order valence-electron chi connectivity index (χ0n) is 13.3. The van der Waals surface area contributed by atoms with E-state index in [1.807, 2.05) is 0 Å². The molecule has 2 N–H and O–H groups in total. The summed E-state index contributed by atoms with van der Waals surface area (Å²) in [5.41, 5.74) is 0. The molecular weight excluding hydrogens is 316 g/mol. The van der Waals surface area contributed by atoms with Gasteiger partial charge in [-0.2, -0.15) is 0 Å². The SMILES string of the molecule is CCCCCCCCCCSNC(=S)C(=S)NC1CCC1. The van der Waals surface area contributed by atoms with Crippen LogP contribution >= 0.6 is 36.4 Å². The summed E-state index contributed by atoms with van der Waals surface area (Å²) in [5, 5.41) is 3.32. The fourth-order valence-corrected chi connectivity index (χ4v) is 3.48. The van der Waals surface area contributed by atoms with E-state index in [2.05, 4.69) is 17.0 Å². The average Bonchev–Trinajstić information content (AvgIpc) is 2.44. The van der Waals surface area contributed by atoms with Gasteiger partial charge in [0.05, 0.1) is 0 Å². The molecule has 1 saturated carbocycles. The number of thiocarbonyl (C=S) groups is 2. The summed E-state index contributed by atoms with van der Waals surface area (Å²) in [5.74, 6) is 1.11. The Morgan fingerprint density at radius 2 is 1.57 bits per heavy atom. The lowest BCUT2D eigenvalue weighted by Gasteiger charge is -2.27. The molecule has 1 aliphatic rings. The van der Waals surface area contributed by atoms with E-state index in [9.17, 15) is 0 Å². The molecule has 0 atom stereocenters. The number of hydrogen-bond donors (Lipinski definition) is 2. The van der Waals surface area contributed by atoms with Gasteiger partial charge in [0, 0.05) is 11.8 Å². The predicted octanol–water partition coefficient (Wildman–Crippen LogP) is 5.16. The number of rotatable bonds is 11. The molecule has 1 rings (SSSR count). The van der Waals surface area contributed by atoms with E-state index in [-0.39, 0.29) is 0 Å². The third kappa shape index (κ3) is 9.69. The maximum absolute atomic E-state index is 5.30. The van der Waals surface area contributed by atoms with Crippen molar-refractivity contribution in [1.29, 1.82) is 0 Å². The van der Waals surface area contributed by atoms with E-state index in [1.165, 1.54) is 70.6 Å². The van der Waals surface area contributed by atoms with Crippen molar-refractivity contribution in [2.24, 2.45) is 0 Å². The largest absolute Gasteiger partial charge is 0.371 e. The topological polar surface area (TPSA) is 24.1 Å². The lowest BCUT2D eigenvalue weighted by Crippen LogP contribution is -2.44. The van der Waals surface area contributed by atoms with Gasteiger partial charge in [-0.05, 0) is 25.7 Å². The predicted molar refractivity (Wildman–Crippen MR) is 104 cm³/mol. The first-order valence-corrected chi connectivity index (χ1v) is 10.3. The van der Waals surface area contributed by atoms with Crippen molar-refractivity contribution in [3.8, 4) is 0 Å². The fourth-order valence-electron chi connectivity index (χ4n) is 2.27. The molecule has 0 bridgehead atoms. The maximum atomic E-state index is 5.30. The molecule has 21 heavy (non-hydrogen) atoms. The van der Waals surface area contributed by atoms with Crippen LogP contribution in [0.4, 0.5) is 0 Å². The van der Waals surface area contributed by atoms with Crippen LogP contribution in [0.15, 0.2) is 0 Å². The summed E-state index contributed by atoms with van der Waals surface area (Å²) in [6.07, 6.45) is 14.7. The van der Waals surface area contributed by atoms with Gasteiger partial charge in [-0.1, -0.05) is 88.3 Å². The van der Waals surface area contributed by atoms with E-state index < -0.39 is 0 Å². The lowest BCUT2D eigenvalue weighted by molar-refractivity contribution is 0.386. The van der Waals surface area contributed by atoms with Crippen LogP contribution in [0.3, 0.4) is 0 Å². The highest BCUT2D eigenvalue weighted by Crippen LogP contribution is 2.18. The first kappa shape index (κ1) is 19.2. The van der Waals surface area contributed by atoms with E-state index in [4.69, 9.17) is 24.4 Å². The first-order valence-electron chi connectivity index (χ1n) is 8.46. The zero-order chi connectivity index (χ0) is 15.3. The monoisotopic (exact) mass is 346 g/mol. The summed E-state index contributed by atoms with van der Waals surface area (Å²) < 4.78 is 3.20. The lowest BCUT2D eigenvalue weighted by atomic mass is 9.93. The second-order valence-corrected chi connectivity index (χ2v) is 7.57. The third-order valence-corrected chi connectivity index (χ3v) is 5.64. The van der Waals surface area contributed by atoms with Crippen molar-refractivity contribution in [2.45, 2.75) is 83.6 Å². The molecule has 2 nitrogen and oxygen atoms in total. The van der Waals surface area contributed by atoms with Gasteiger partial charge in [-0.15, -0.1) is 0 Å². The van der Waals surface area contributed by atoms with Gasteiger partial charge in [0.25, 0.3) is 0 Å². The van der Waals surface area contributed by atoms with Crippen LogP contribution in [0.25, 0.3) is 0 Å². The van der Waals surface area contributed by atoms with Crippen molar-refractivity contribution in [3.63, 3.8) is 0 Å². The minimum atomic E-state index is 0.565. The Hall–Kier alpha value is 0.130. The highest BCUT2D eigenvalue weighted by atomic mass is 32.2. The molecule has 0 aromatic heterocycles. The Labute approximate surface area is 145 Å². The molecule has 0 aromatic rings. The zero-order valence-corrected chi connectivity index (χ0v) is 15.7. The Morgan fingerprint density at radius 3 is 2.14 bits per heavy atom. The van der Waals surface area contributed by atoms with E-state index >= 15 is 0 Å². The van der Waals surface area contributed by atoms with Gasteiger partial charge in [0.1, 0.15) is 9.98 Å². The number of hydrogen-bond acceptors (Lipinski definition) is 3. The van der Waals surface area contributed by atoms with Crippen molar-refractivity contribution in [3.05, 3.63) is 0 Å². The van der Waals surface area contributed by atoms with Gasteiger partial charge in [-0.3, -0.25) is 0 Å². The number of unbranched alkanes of at least 4 members (excludes halogenated alkanes) is 7. The van der Waals surface area contributed by atoms with Gasteiger partial charge < -0.3 is 10.0 Å². The van der Waals surface area contributed by atoms with Crippen LogP contribution in [-0.2, 0) is 0 Å². The Balaban J connectivity index is 1.84. The van der Waals surface area contributed by atoms with Gasteiger partial charge in [0.15, 0.2) is 0 Å². The molecule has 1 aliphatic carbocycles. The van der Waals surface area contributed by atoms with Gasteiger partial charge in [-0.25, -0.2) is 0 Å². The summed E-state index contributed by atoms with van der Waals surface area (Å²) >= 11 is 12.3. The Kier molecular flexibility index (Phi) is 11.6. The van der Waals surface area contributed by atoms with Crippen LogP contribution in [-0.4, -0.2) is 21.8 Å². The smallest absolute Gasteiger partial charge is 0.143 e. The van der Waals surface area contributed by atoms with Crippen molar-refractivity contribution in [1.82, 2.24) is 10.0 Å². The van der Waals surface area contributed by atoms with E-state index in [0.717, 1.165) is 10.7 Å². The number of nitrogens with one attached hydrogen (secondary N) is 2. The van der Waals surface area contributed by atoms with E-state index in [0.29, 0.717) is 11.0 Å². The highest BCUT2D eigenvalue weighted by molar-refractivity contribution is 7.99. The molecule has 0 heterocycles. The van der Waals surface area contributed by atoms with Crippen molar-refractivity contribution < 1.29 is 0 Å². The molecule has 5 heteroatoms. The van der Waals surface area contributed by atoms with Crippen LogP contribution < -0.4 is 10.0 Å². The second kappa shape index (κ2) is 12.7. The van der Waals surface area contributed by atoms with Gasteiger partial charge >= 0.3 is 0 Å². The van der Waals surface area contributed by atoms with Crippen LogP contribution in [0.2, 0.25) is 0 Å². The molecular formula is C16H30N2S3. The average molecular weight is 347 g/mol. The molecule has 0 aromatic carbocycles. The second-order valence-electron chi connectivity index (χ2n) is 5.86. The van der Waals surface area contributed by atoms with Crippen LogP contribution in [0.1, 0.15) is 77.6 Å². The third-order valence-electron chi connectivity index (χ3n) is 3.91. The molecule has 0 aliphatic heterocycles. The summed E-state index contributed by atoms with van der Waals surface area (Å²) in [7, 11) is 0. The Bertz CT molecular complexity index is 304. The summed E-state index contributed by atoms with van der Waals surface area (Å²) in [4.78, 5) is 1.42. The minimum Gasteiger partial charge on any atom is -0.371 e. The standard InChI is InChI=1S/C16H30N2S3/c1-2-3-4-5-6-7-8-9-13-21-18-16(20)15(19)17-14-11-10-12-14/h14H,2-13H2,1H3,(H,17,19)(H,18,20). The minimum absolute atomic E-state index is 0.565. The van der Waals surface area contributed by atoms with Crippen LogP contribution in [0.5, 0.6) is 0 Å². The molecule has 122 valence electrons. The Morgan fingerprint density at radius 1 is 0.952 bits per heavy atom. The maximum Gasteiger partial charge on any atom is 0.143 e. The molecule has 0 unspecified atom stereocenters. The molecule has 0 spiro atoms. The van der Waals surface area contributed by atoms with E-state index in [1.54, 1.807) is 11.9 Å². The van der Waals surface area contributed by atoms with Gasteiger partial charge in [0.2, 0.25) is 0 Å². The van der Waals surface area contributed by atoms with Crippen molar-refractivity contribution >= 4 is 46.4 Å². The molecule has 0 amide bonds. The molecule has 1 fully saturated rings. The van der Waals surface area contributed by atoms with Crippen LogP contribution in [0, 0.1) is 0 Å². The quantitative estimate of drug-likeness (QED) is 0.306. The molecule has 0 saturated heterocycles. The summed E-state index contributed by atoms with van der Waals surface area (Å²) in [6, 6.07) is 0.565. The summed E-state index contributed by atoms with van der Waals surface area (Å²) in [6.45, 7) is 2.27. The fraction of sp³-hybridized carbons (Fsp3) is 0.875.